The molecule has 0 aliphatic rings. The molecule has 2 aromatic heterocycles. The monoisotopic (exact) mass is 533 g/mol. The summed E-state index contributed by atoms with van der Waals surface area (Å²) in [5, 5.41) is 8.30. The molecule has 0 spiro atoms. The van der Waals surface area contributed by atoms with E-state index in [1.807, 2.05) is 43.3 Å². The molecule has 4 rings (SSSR count). The average Bonchev–Trinajstić information content (AvgIpc) is 3.14. The molecule has 4 aromatic rings. The SMILES string of the molecule is Cc1cccc(S(=O)(=O)NCCCNc2cc(-c3ccccc3Cl)nc3c(Br)cnn23)c1. The third-order valence-electron chi connectivity index (χ3n) is 4.83. The third kappa shape index (κ3) is 4.96. The molecule has 0 saturated heterocycles. The van der Waals surface area contributed by atoms with Crippen molar-refractivity contribution < 1.29 is 8.42 Å². The molecule has 0 saturated carbocycles. The highest BCUT2D eigenvalue weighted by molar-refractivity contribution is 9.10. The van der Waals surface area contributed by atoms with Gasteiger partial charge in [0.05, 0.1) is 21.3 Å². The summed E-state index contributed by atoms with van der Waals surface area (Å²) in [6.07, 6.45) is 2.26. The van der Waals surface area contributed by atoms with Crippen LogP contribution in [0.3, 0.4) is 0 Å². The number of halogens is 2. The number of hydrogen-bond donors (Lipinski definition) is 2. The van der Waals surface area contributed by atoms with Gasteiger partial charge in [-0.1, -0.05) is 41.9 Å². The average molecular weight is 535 g/mol. The predicted octanol–water partition coefficient (Wildman–Crippen LogP) is 4.90. The molecule has 0 fully saturated rings. The van der Waals surface area contributed by atoms with E-state index in [1.165, 1.54) is 0 Å². The summed E-state index contributed by atoms with van der Waals surface area (Å²) in [6.45, 7) is 2.70. The topological polar surface area (TPSA) is 88.4 Å². The molecule has 10 heteroatoms. The predicted molar refractivity (Wildman–Crippen MR) is 131 cm³/mol. The van der Waals surface area contributed by atoms with E-state index >= 15 is 0 Å². The van der Waals surface area contributed by atoms with Gasteiger partial charge in [0, 0.05) is 29.7 Å². The highest BCUT2D eigenvalue weighted by Gasteiger charge is 2.14. The molecule has 0 aliphatic heterocycles. The number of sulfonamides is 1. The molecule has 166 valence electrons. The number of rotatable bonds is 8. The van der Waals surface area contributed by atoms with E-state index in [0.29, 0.717) is 35.9 Å². The maximum Gasteiger partial charge on any atom is 0.240 e. The Morgan fingerprint density at radius 2 is 1.91 bits per heavy atom. The summed E-state index contributed by atoms with van der Waals surface area (Å²) in [5.74, 6) is 0.733. The van der Waals surface area contributed by atoms with Gasteiger partial charge in [0.1, 0.15) is 5.82 Å². The number of aryl methyl sites for hydroxylation is 1. The normalized spacial score (nSPS) is 11.7. The second-order valence-electron chi connectivity index (χ2n) is 7.23. The fraction of sp³-hybridized carbons (Fsp3) is 0.182. The molecule has 2 N–H and O–H groups in total. The Hall–Kier alpha value is -2.46. The molecule has 0 bridgehead atoms. The van der Waals surface area contributed by atoms with Crippen LogP contribution in [0.15, 0.2) is 70.2 Å². The first-order chi connectivity index (χ1) is 15.3. The lowest BCUT2D eigenvalue weighted by molar-refractivity contribution is 0.580. The minimum atomic E-state index is -3.53. The highest BCUT2D eigenvalue weighted by Crippen LogP contribution is 2.30. The van der Waals surface area contributed by atoms with Gasteiger partial charge in [-0.2, -0.15) is 9.61 Å². The minimum absolute atomic E-state index is 0.270. The number of hydrogen-bond acceptors (Lipinski definition) is 5. The van der Waals surface area contributed by atoms with Crippen LogP contribution >= 0.6 is 27.5 Å². The van der Waals surface area contributed by atoms with Crippen molar-refractivity contribution >= 4 is 49.0 Å². The Labute approximate surface area is 200 Å². The van der Waals surface area contributed by atoms with Gasteiger partial charge in [-0.05, 0) is 53.0 Å². The van der Waals surface area contributed by atoms with Crippen molar-refractivity contribution in [1.82, 2.24) is 19.3 Å². The molecule has 0 atom stereocenters. The van der Waals surface area contributed by atoms with Gasteiger partial charge < -0.3 is 5.32 Å². The lowest BCUT2D eigenvalue weighted by Crippen LogP contribution is -2.26. The van der Waals surface area contributed by atoms with Crippen LogP contribution in [-0.2, 0) is 10.0 Å². The second kappa shape index (κ2) is 9.58. The summed E-state index contributed by atoms with van der Waals surface area (Å²) in [5.41, 5.74) is 3.09. The molecule has 0 radical (unpaired) electrons. The zero-order valence-corrected chi connectivity index (χ0v) is 20.4. The highest BCUT2D eigenvalue weighted by atomic mass is 79.9. The smallest absolute Gasteiger partial charge is 0.240 e. The lowest BCUT2D eigenvalue weighted by atomic mass is 10.1. The first-order valence-electron chi connectivity index (χ1n) is 9.94. The molecule has 2 heterocycles. The number of nitrogens with zero attached hydrogens (tertiary/aromatic N) is 3. The molecular formula is C22H21BrClN5O2S. The van der Waals surface area contributed by atoms with Crippen molar-refractivity contribution in [1.29, 1.82) is 0 Å². The summed E-state index contributed by atoms with van der Waals surface area (Å²) >= 11 is 9.85. The largest absolute Gasteiger partial charge is 0.370 e. The molecular weight excluding hydrogens is 514 g/mol. The van der Waals surface area contributed by atoms with E-state index in [9.17, 15) is 8.42 Å². The first-order valence-corrected chi connectivity index (χ1v) is 12.6. The van der Waals surface area contributed by atoms with E-state index in [2.05, 4.69) is 36.1 Å². The molecule has 0 unspecified atom stereocenters. The Balaban J connectivity index is 1.46. The van der Waals surface area contributed by atoms with Crippen LogP contribution in [0.4, 0.5) is 5.82 Å². The zero-order chi connectivity index (χ0) is 22.7. The maximum absolute atomic E-state index is 12.5. The number of nitrogens with one attached hydrogen (secondary N) is 2. The van der Waals surface area contributed by atoms with Gasteiger partial charge >= 0.3 is 0 Å². The van der Waals surface area contributed by atoms with Crippen molar-refractivity contribution in [3.8, 4) is 11.3 Å². The van der Waals surface area contributed by atoms with Gasteiger partial charge in [0.15, 0.2) is 5.65 Å². The van der Waals surface area contributed by atoms with Crippen LogP contribution in [0.1, 0.15) is 12.0 Å². The van der Waals surface area contributed by atoms with Crippen molar-refractivity contribution in [2.24, 2.45) is 0 Å². The Bertz CT molecular complexity index is 1370. The fourth-order valence-corrected chi connectivity index (χ4v) is 5.01. The van der Waals surface area contributed by atoms with Crippen LogP contribution in [0, 0.1) is 6.92 Å². The maximum atomic E-state index is 12.5. The van der Waals surface area contributed by atoms with E-state index in [1.54, 1.807) is 28.9 Å². The van der Waals surface area contributed by atoms with Crippen molar-refractivity contribution in [3.05, 3.63) is 75.9 Å². The van der Waals surface area contributed by atoms with E-state index < -0.39 is 10.0 Å². The van der Waals surface area contributed by atoms with Gasteiger partial charge in [-0.15, -0.1) is 0 Å². The van der Waals surface area contributed by atoms with Gasteiger partial charge in [0.25, 0.3) is 0 Å². The molecule has 2 aromatic carbocycles. The van der Waals surface area contributed by atoms with Crippen molar-refractivity contribution in [2.45, 2.75) is 18.2 Å². The molecule has 0 aliphatic carbocycles. The number of fused-ring (bicyclic) bond motifs is 1. The van der Waals surface area contributed by atoms with Gasteiger partial charge in [0.2, 0.25) is 10.0 Å². The summed E-state index contributed by atoms with van der Waals surface area (Å²) < 4.78 is 30.0. The lowest BCUT2D eigenvalue weighted by Gasteiger charge is -2.12. The van der Waals surface area contributed by atoms with Crippen molar-refractivity contribution in [3.63, 3.8) is 0 Å². The molecule has 32 heavy (non-hydrogen) atoms. The van der Waals surface area contributed by atoms with Crippen LogP contribution in [-0.4, -0.2) is 36.1 Å². The minimum Gasteiger partial charge on any atom is -0.370 e. The standard InChI is InChI=1S/C22H21BrClN5O2S/c1-15-6-4-7-16(12-15)32(30,31)27-11-5-10-25-21-13-20(17-8-2-3-9-19(17)24)28-22-18(23)14-26-29(21)22/h2-4,6-9,12-14,25,27H,5,10-11H2,1H3. The second-order valence-corrected chi connectivity index (χ2v) is 10.3. The van der Waals surface area contributed by atoms with Crippen LogP contribution in [0.25, 0.3) is 16.9 Å². The summed E-state index contributed by atoms with van der Waals surface area (Å²) in [4.78, 5) is 4.95. The fourth-order valence-electron chi connectivity index (χ4n) is 3.25. The third-order valence-corrected chi connectivity index (χ3v) is 7.18. The first kappa shape index (κ1) is 22.7. The summed E-state index contributed by atoms with van der Waals surface area (Å²) in [7, 11) is -3.53. The van der Waals surface area contributed by atoms with E-state index in [0.717, 1.165) is 21.4 Å². The zero-order valence-electron chi connectivity index (χ0n) is 17.2. The van der Waals surface area contributed by atoms with E-state index in [-0.39, 0.29) is 4.90 Å². The number of anilines is 1. The summed E-state index contributed by atoms with van der Waals surface area (Å²) in [6, 6.07) is 16.2. The molecule has 0 amide bonds. The Morgan fingerprint density at radius 1 is 1.09 bits per heavy atom. The van der Waals surface area contributed by atoms with Crippen molar-refractivity contribution in [2.75, 3.05) is 18.4 Å². The van der Waals surface area contributed by atoms with Crippen LogP contribution < -0.4 is 10.0 Å². The number of aromatic nitrogens is 3. The molecule has 7 nitrogen and oxygen atoms in total. The quantitative estimate of drug-likeness (QED) is 0.314. The van der Waals surface area contributed by atoms with E-state index in [4.69, 9.17) is 11.6 Å². The van der Waals surface area contributed by atoms with Crippen LogP contribution in [0.5, 0.6) is 0 Å². The van der Waals surface area contributed by atoms with Crippen LogP contribution in [0.2, 0.25) is 5.02 Å². The number of benzene rings is 2. The van der Waals surface area contributed by atoms with Gasteiger partial charge in [-0.3, -0.25) is 0 Å². The Kier molecular flexibility index (Phi) is 6.80. The Morgan fingerprint density at radius 3 is 2.69 bits per heavy atom. The van der Waals surface area contributed by atoms with Gasteiger partial charge in [-0.25, -0.2) is 18.1 Å².